The zero-order valence-corrected chi connectivity index (χ0v) is 11.3. The van der Waals surface area contributed by atoms with E-state index in [-0.39, 0.29) is 12.2 Å². The van der Waals surface area contributed by atoms with E-state index in [0.29, 0.717) is 24.9 Å². The van der Waals surface area contributed by atoms with Crippen molar-refractivity contribution < 1.29 is 4.74 Å². The van der Waals surface area contributed by atoms with E-state index < -0.39 is 0 Å². The van der Waals surface area contributed by atoms with Crippen LogP contribution in [-0.4, -0.2) is 25.3 Å². The average molecular weight is 260 g/mol. The average Bonchev–Trinajstić information content (AvgIpc) is 3.10. The smallest absolute Gasteiger partial charge is 0.0688 e. The Labute approximate surface area is 115 Å². The van der Waals surface area contributed by atoms with Crippen molar-refractivity contribution in [3.8, 4) is 0 Å². The van der Waals surface area contributed by atoms with Crippen LogP contribution in [0.1, 0.15) is 12.8 Å². The Hall–Kier alpha value is -1.16. The van der Waals surface area contributed by atoms with Crippen molar-refractivity contribution in [3.63, 3.8) is 0 Å². The lowest BCUT2D eigenvalue weighted by molar-refractivity contribution is -0.0412. The van der Waals surface area contributed by atoms with Gasteiger partial charge in [0.2, 0.25) is 0 Å². The summed E-state index contributed by atoms with van der Waals surface area (Å²) < 4.78 is 6.33. The van der Waals surface area contributed by atoms with E-state index in [1.165, 1.54) is 0 Å². The lowest BCUT2D eigenvalue weighted by atomic mass is 9.97. The zero-order valence-electron chi connectivity index (χ0n) is 11.3. The van der Waals surface area contributed by atoms with Crippen molar-refractivity contribution in [2.75, 3.05) is 13.1 Å². The third kappa shape index (κ3) is 3.90. The molecule has 0 aromatic heterocycles. The molecule has 0 fully saturated rings. The fraction of sp³-hybridized carbons (Fsp3) is 0.500. The van der Waals surface area contributed by atoms with E-state index in [0.717, 1.165) is 12.8 Å². The standard InChI is InChI=1S/C16H24N2O/c17-11-9-15(13-5-1-2-6-13)19-16(10-12-18)14-7-3-4-8-14/h1-8,13-16H,9-12,17-18H2. The Morgan fingerprint density at radius 2 is 1.11 bits per heavy atom. The largest absolute Gasteiger partial charge is 0.373 e. The molecule has 0 aromatic carbocycles. The van der Waals surface area contributed by atoms with E-state index >= 15 is 0 Å². The van der Waals surface area contributed by atoms with Gasteiger partial charge in [-0.25, -0.2) is 0 Å². The van der Waals surface area contributed by atoms with Gasteiger partial charge in [-0.15, -0.1) is 0 Å². The number of rotatable bonds is 8. The summed E-state index contributed by atoms with van der Waals surface area (Å²) in [5, 5.41) is 0. The topological polar surface area (TPSA) is 61.3 Å². The summed E-state index contributed by atoms with van der Waals surface area (Å²) in [7, 11) is 0. The summed E-state index contributed by atoms with van der Waals surface area (Å²) in [6.45, 7) is 1.29. The second-order valence-electron chi connectivity index (χ2n) is 5.06. The van der Waals surface area contributed by atoms with Crippen LogP contribution in [-0.2, 0) is 4.74 Å². The minimum absolute atomic E-state index is 0.152. The number of ether oxygens (including phenoxy) is 1. The Balaban J connectivity index is 1.99. The minimum Gasteiger partial charge on any atom is -0.373 e. The molecule has 0 bridgehead atoms. The highest BCUT2D eigenvalue weighted by Crippen LogP contribution is 2.26. The fourth-order valence-electron chi connectivity index (χ4n) is 2.65. The third-order valence-corrected chi connectivity index (χ3v) is 3.67. The number of hydrogen-bond donors (Lipinski definition) is 2. The molecule has 2 unspecified atom stereocenters. The molecule has 0 amide bonds. The van der Waals surface area contributed by atoms with E-state index in [1.54, 1.807) is 0 Å². The molecular weight excluding hydrogens is 236 g/mol. The molecule has 0 heterocycles. The molecule has 2 atom stereocenters. The Bertz CT molecular complexity index is 324. The van der Waals surface area contributed by atoms with Gasteiger partial charge in [-0.1, -0.05) is 48.6 Å². The van der Waals surface area contributed by atoms with Gasteiger partial charge >= 0.3 is 0 Å². The molecule has 0 aromatic rings. The van der Waals surface area contributed by atoms with E-state index in [1.807, 2.05) is 0 Å². The highest BCUT2D eigenvalue weighted by molar-refractivity contribution is 5.21. The summed E-state index contributed by atoms with van der Waals surface area (Å²) in [4.78, 5) is 0. The van der Waals surface area contributed by atoms with Crippen LogP contribution in [0.4, 0.5) is 0 Å². The molecule has 0 saturated carbocycles. The summed E-state index contributed by atoms with van der Waals surface area (Å²) in [6.07, 6.45) is 19.1. The van der Waals surface area contributed by atoms with Gasteiger partial charge in [-0.2, -0.15) is 0 Å². The summed E-state index contributed by atoms with van der Waals surface area (Å²) in [6, 6.07) is 0. The van der Waals surface area contributed by atoms with Crippen LogP contribution in [0.15, 0.2) is 48.6 Å². The maximum absolute atomic E-state index is 6.33. The van der Waals surface area contributed by atoms with Crippen molar-refractivity contribution in [2.45, 2.75) is 25.0 Å². The Morgan fingerprint density at radius 1 is 0.737 bits per heavy atom. The molecule has 3 nitrogen and oxygen atoms in total. The van der Waals surface area contributed by atoms with Gasteiger partial charge in [-0.05, 0) is 25.9 Å². The molecule has 0 spiro atoms. The monoisotopic (exact) mass is 260 g/mol. The van der Waals surface area contributed by atoms with Gasteiger partial charge in [0.05, 0.1) is 12.2 Å². The molecule has 2 aliphatic carbocycles. The molecule has 0 radical (unpaired) electrons. The minimum atomic E-state index is 0.152. The third-order valence-electron chi connectivity index (χ3n) is 3.67. The van der Waals surface area contributed by atoms with E-state index in [2.05, 4.69) is 48.6 Å². The first kappa shape index (κ1) is 14.3. The normalized spacial score (nSPS) is 21.6. The van der Waals surface area contributed by atoms with Gasteiger partial charge < -0.3 is 16.2 Å². The van der Waals surface area contributed by atoms with Gasteiger partial charge in [0, 0.05) is 11.8 Å². The first-order valence-corrected chi connectivity index (χ1v) is 7.10. The molecule has 2 rings (SSSR count). The molecule has 19 heavy (non-hydrogen) atoms. The van der Waals surface area contributed by atoms with Crippen molar-refractivity contribution in [1.29, 1.82) is 0 Å². The quantitative estimate of drug-likeness (QED) is 0.701. The fourth-order valence-corrected chi connectivity index (χ4v) is 2.65. The zero-order chi connectivity index (χ0) is 13.5. The highest BCUT2D eigenvalue weighted by atomic mass is 16.5. The van der Waals surface area contributed by atoms with Crippen molar-refractivity contribution in [3.05, 3.63) is 48.6 Å². The summed E-state index contributed by atoms with van der Waals surface area (Å²) >= 11 is 0. The lowest BCUT2D eigenvalue weighted by Gasteiger charge is -2.29. The molecule has 104 valence electrons. The summed E-state index contributed by atoms with van der Waals surface area (Å²) in [5.74, 6) is 0.691. The van der Waals surface area contributed by atoms with Crippen LogP contribution in [0, 0.1) is 11.8 Å². The van der Waals surface area contributed by atoms with Gasteiger partial charge in [0.1, 0.15) is 0 Å². The first-order valence-electron chi connectivity index (χ1n) is 7.10. The lowest BCUT2D eigenvalue weighted by Crippen LogP contribution is -2.33. The predicted octanol–water partition coefficient (Wildman–Crippen LogP) is 1.92. The van der Waals surface area contributed by atoms with Crippen LogP contribution in [0.25, 0.3) is 0 Å². The van der Waals surface area contributed by atoms with Crippen molar-refractivity contribution >= 4 is 0 Å². The van der Waals surface area contributed by atoms with Crippen LogP contribution in [0.3, 0.4) is 0 Å². The molecule has 0 aliphatic heterocycles. The van der Waals surface area contributed by atoms with E-state index in [9.17, 15) is 0 Å². The SMILES string of the molecule is NCCC(OC(CCN)C1C=CC=C1)C1C=CC=C1. The van der Waals surface area contributed by atoms with Gasteiger partial charge in [-0.3, -0.25) is 0 Å². The second kappa shape index (κ2) is 7.43. The number of nitrogens with two attached hydrogens (primary N) is 2. The maximum Gasteiger partial charge on any atom is 0.0688 e. The van der Waals surface area contributed by atoms with Crippen LogP contribution < -0.4 is 11.5 Å². The molecular formula is C16H24N2O. The Kier molecular flexibility index (Phi) is 5.58. The van der Waals surface area contributed by atoms with E-state index in [4.69, 9.17) is 16.2 Å². The van der Waals surface area contributed by atoms with Gasteiger partial charge in [0.15, 0.2) is 0 Å². The van der Waals surface area contributed by atoms with Gasteiger partial charge in [0.25, 0.3) is 0 Å². The molecule has 3 heteroatoms. The predicted molar refractivity (Wildman–Crippen MR) is 79.5 cm³/mol. The van der Waals surface area contributed by atoms with Crippen LogP contribution in [0.5, 0.6) is 0 Å². The highest BCUT2D eigenvalue weighted by Gasteiger charge is 2.26. The second-order valence-corrected chi connectivity index (χ2v) is 5.06. The first-order chi connectivity index (χ1) is 9.35. The number of allylic oxidation sites excluding steroid dienone is 4. The Morgan fingerprint density at radius 3 is 1.42 bits per heavy atom. The van der Waals surface area contributed by atoms with Crippen molar-refractivity contribution in [1.82, 2.24) is 0 Å². The summed E-state index contributed by atoms with van der Waals surface area (Å²) in [5.41, 5.74) is 11.4. The maximum atomic E-state index is 6.33. The molecule has 2 aliphatic rings. The van der Waals surface area contributed by atoms with Crippen LogP contribution in [0.2, 0.25) is 0 Å². The molecule has 4 N–H and O–H groups in total. The number of hydrogen-bond acceptors (Lipinski definition) is 3. The van der Waals surface area contributed by atoms with Crippen molar-refractivity contribution in [2.24, 2.45) is 23.3 Å². The van der Waals surface area contributed by atoms with Crippen LogP contribution >= 0.6 is 0 Å². The molecule has 0 saturated heterocycles.